The third kappa shape index (κ3) is 8.03. The Bertz CT molecular complexity index is 544. The van der Waals surface area contributed by atoms with E-state index in [0.717, 1.165) is 6.54 Å². The average Bonchev–Trinajstić information content (AvgIpc) is 2.62. The lowest BCUT2D eigenvalue weighted by atomic mass is 9.92. The maximum atomic E-state index is 11.8. The van der Waals surface area contributed by atoms with Crippen molar-refractivity contribution in [3.8, 4) is 0 Å². The summed E-state index contributed by atoms with van der Waals surface area (Å²) in [6.45, 7) is 8.46. The van der Waals surface area contributed by atoms with Gasteiger partial charge in [0, 0.05) is 27.2 Å². The topological polar surface area (TPSA) is 74.8 Å². The van der Waals surface area contributed by atoms with E-state index in [4.69, 9.17) is 4.74 Å². The highest BCUT2D eigenvalue weighted by atomic mass is 16.5. The van der Waals surface area contributed by atoms with Crippen LogP contribution in [0.15, 0.2) is 35.3 Å². The first-order valence-corrected chi connectivity index (χ1v) is 8.67. The molecule has 0 aromatic heterocycles. The van der Waals surface area contributed by atoms with E-state index in [1.54, 1.807) is 14.1 Å². The first kappa shape index (κ1) is 21.0. The molecule has 0 spiro atoms. The Hall–Kier alpha value is -2.08. The SMILES string of the molecule is CN=C(NCC(C)COCc1ccccc1)NCC(C)(C)C(=O)NC. The first-order chi connectivity index (χ1) is 11.9. The van der Waals surface area contributed by atoms with E-state index in [0.29, 0.717) is 31.6 Å². The van der Waals surface area contributed by atoms with Crippen LogP contribution in [-0.4, -0.2) is 45.7 Å². The Kier molecular flexibility index (Phi) is 8.99. The van der Waals surface area contributed by atoms with Gasteiger partial charge < -0.3 is 20.7 Å². The van der Waals surface area contributed by atoms with Crippen LogP contribution in [0.1, 0.15) is 26.3 Å². The predicted octanol–water partition coefficient (Wildman–Crippen LogP) is 1.78. The number of nitrogens with one attached hydrogen (secondary N) is 3. The molecular weight excluding hydrogens is 316 g/mol. The second-order valence-electron chi connectivity index (χ2n) is 6.88. The molecule has 1 unspecified atom stereocenters. The number of amides is 1. The van der Waals surface area contributed by atoms with Crippen molar-refractivity contribution in [1.82, 2.24) is 16.0 Å². The van der Waals surface area contributed by atoms with E-state index in [2.05, 4.69) is 40.0 Å². The average molecular weight is 348 g/mol. The van der Waals surface area contributed by atoms with E-state index < -0.39 is 5.41 Å². The standard InChI is InChI=1S/C19H32N4O2/c1-15(12-25-13-16-9-7-6-8-10-16)11-22-18(21-5)23-14-19(2,3)17(24)20-4/h6-10,15H,11-14H2,1-5H3,(H,20,24)(H2,21,22,23). The number of hydrogen-bond acceptors (Lipinski definition) is 3. The van der Waals surface area contributed by atoms with Crippen molar-refractivity contribution in [3.63, 3.8) is 0 Å². The monoisotopic (exact) mass is 348 g/mol. The van der Waals surface area contributed by atoms with Gasteiger partial charge in [-0.05, 0) is 25.3 Å². The summed E-state index contributed by atoms with van der Waals surface area (Å²) in [6.07, 6.45) is 0. The Labute approximate surface area is 151 Å². The van der Waals surface area contributed by atoms with E-state index >= 15 is 0 Å². The largest absolute Gasteiger partial charge is 0.376 e. The van der Waals surface area contributed by atoms with Gasteiger partial charge >= 0.3 is 0 Å². The second kappa shape index (κ2) is 10.7. The number of hydrogen-bond donors (Lipinski definition) is 3. The third-order valence-corrected chi connectivity index (χ3v) is 3.90. The predicted molar refractivity (Wildman–Crippen MR) is 102 cm³/mol. The molecule has 0 saturated heterocycles. The summed E-state index contributed by atoms with van der Waals surface area (Å²) in [7, 11) is 3.37. The maximum absolute atomic E-state index is 11.8. The van der Waals surface area contributed by atoms with Crippen molar-refractivity contribution in [2.24, 2.45) is 16.3 Å². The molecule has 0 aliphatic carbocycles. The molecule has 0 saturated carbocycles. The molecule has 0 fully saturated rings. The lowest BCUT2D eigenvalue weighted by Gasteiger charge is -2.24. The van der Waals surface area contributed by atoms with Gasteiger partial charge in [-0.15, -0.1) is 0 Å². The van der Waals surface area contributed by atoms with E-state index in [1.807, 2.05) is 32.0 Å². The van der Waals surface area contributed by atoms with Crippen molar-refractivity contribution in [3.05, 3.63) is 35.9 Å². The number of nitrogens with zero attached hydrogens (tertiary/aromatic N) is 1. The molecule has 1 aromatic carbocycles. The lowest BCUT2D eigenvalue weighted by Crippen LogP contribution is -2.48. The van der Waals surface area contributed by atoms with Crippen LogP contribution in [0.4, 0.5) is 0 Å². The highest BCUT2D eigenvalue weighted by Crippen LogP contribution is 2.12. The summed E-state index contributed by atoms with van der Waals surface area (Å²) in [6, 6.07) is 10.1. The van der Waals surface area contributed by atoms with Gasteiger partial charge in [0.15, 0.2) is 5.96 Å². The molecular formula is C19H32N4O2. The summed E-state index contributed by atoms with van der Waals surface area (Å²) in [5.41, 5.74) is 0.674. The number of ether oxygens (including phenoxy) is 1. The second-order valence-corrected chi connectivity index (χ2v) is 6.88. The molecule has 0 aliphatic heterocycles. The number of carbonyl (C=O) groups is 1. The summed E-state index contributed by atoms with van der Waals surface area (Å²) in [5.74, 6) is 1.03. The normalized spacial score (nSPS) is 13.2. The fourth-order valence-corrected chi connectivity index (χ4v) is 2.23. The van der Waals surface area contributed by atoms with Crippen LogP contribution in [0.5, 0.6) is 0 Å². The van der Waals surface area contributed by atoms with Crippen LogP contribution in [0, 0.1) is 11.3 Å². The molecule has 1 rings (SSSR count). The lowest BCUT2D eigenvalue weighted by molar-refractivity contribution is -0.128. The summed E-state index contributed by atoms with van der Waals surface area (Å²) < 4.78 is 5.75. The number of guanidine groups is 1. The van der Waals surface area contributed by atoms with Crippen LogP contribution in [0.25, 0.3) is 0 Å². The molecule has 6 heteroatoms. The zero-order valence-electron chi connectivity index (χ0n) is 16.1. The number of carbonyl (C=O) groups excluding carboxylic acids is 1. The molecule has 3 N–H and O–H groups in total. The quantitative estimate of drug-likeness (QED) is 0.470. The number of aliphatic imine (C=N–C) groups is 1. The molecule has 1 amide bonds. The van der Waals surface area contributed by atoms with Gasteiger partial charge in [-0.2, -0.15) is 0 Å². The summed E-state index contributed by atoms with van der Waals surface area (Å²) >= 11 is 0. The van der Waals surface area contributed by atoms with Gasteiger partial charge in [-0.1, -0.05) is 37.3 Å². The van der Waals surface area contributed by atoms with Crippen molar-refractivity contribution in [2.45, 2.75) is 27.4 Å². The minimum absolute atomic E-state index is 0.00173. The number of rotatable bonds is 9. The van der Waals surface area contributed by atoms with Crippen LogP contribution >= 0.6 is 0 Å². The fraction of sp³-hybridized carbons (Fsp3) is 0.579. The van der Waals surface area contributed by atoms with Gasteiger partial charge in [-0.3, -0.25) is 9.79 Å². The highest BCUT2D eigenvalue weighted by Gasteiger charge is 2.26. The number of benzene rings is 1. The molecule has 1 atom stereocenters. The smallest absolute Gasteiger partial charge is 0.227 e. The van der Waals surface area contributed by atoms with Crippen LogP contribution in [-0.2, 0) is 16.1 Å². The first-order valence-electron chi connectivity index (χ1n) is 8.67. The molecule has 25 heavy (non-hydrogen) atoms. The van der Waals surface area contributed by atoms with Crippen LogP contribution < -0.4 is 16.0 Å². The van der Waals surface area contributed by atoms with Gasteiger partial charge in [0.1, 0.15) is 0 Å². The van der Waals surface area contributed by atoms with E-state index in [9.17, 15) is 4.79 Å². The maximum Gasteiger partial charge on any atom is 0.227 e. The molecule has 0 heterocycles. The van der Waals surface area contributed by atoms with Gasteiger partial charge in [0.2, 0.25) is 5.91 Å². The van der Waals surface area contributed by atoms with Gasteiger partial charge in [-0.25, -0.2) is 0 Å². The molecule has 140 valence electrons. The Morgan fingerprint density at radius 2 is 1.92 bits per heavy atom. The van der Waals surface area contributed by atoms with Gasteiger partial charge in [0.25, 0.3) is 0 Å². The minimum atomic E-state index is -0.503. The van der Waals surface area contributed by atoms with Crippen molar-refractivity contribution in [2.75, 3.05) is 33.8 Å². The Morgan fingerprint density at radius 1 is 1.24 bits per heavy atom. The fourth-order valence-electron chi connectivity index (χ4n) is 2.23. The van der Waals surface area contributed by atoms with Crippen molar-refractivity contribution >= 4 is 11.9 Å². The molecule has 0 bridgehead atoms. The molecule has 0 radical (unpaired) electrons. The van der Waals surface area contributed by atoms with Crippen LogP contribution in [0.3, 0.4) is 0 Å². The van der Waals surface area contributed by atoms with E-state index in [-0.39, 0.29) is 5.91 Å². The van der Waals surface area contributed by atoms with Crippen LogP contribution in [0.2, 0.25) is 0 Å². The molecule has 6 nitrogen and oxygen atoms in total. The summed E-state index contributed by atoms with van der Waals surface area (Å²) in [4.78, 5) is 16.0. The zero-order valence-corrected chi connectivity index (χ0v) is 16.1. The van der Waals surface area contributed by atoms with Crippen molar-refractivity contribution < 1.29 is 9.53 Å². The molecule has 1 aromatic rings. The highest BCUT2D eigenvalue weighted by molar-refractivity contribution is 5.84. The minimum Gasteiger partial charge on any atom is -0.376 e. The molecule has 0 aliphatic rings. The Morgan fingerprint density at radius 3 is 2.52 bits per heavy atom. The van der Waals surface area contributed by atoms with Gasteiger partial charge in [0.05, 0.1) is 18.6 Å². The third-order valence-electron chi connectivity index (χ3n) is 3.90. The zero-order chi connectivity index (χ0) is 18.7. The Balaban J connectivity index is 2.28. The summed E-state index contributed by atoms with van der Waals surface area (Å²) in [5, 5.41) is 9.15. The van der Waals surface area contributed by atoms with Crippen molar-refractivity contribution in [1.29, 1.82) is 0 Å². The van der Waals surface area contributed by atoms with E-state index in [1.165, 1.54) is 5.56 Å².